The van der Waals surface area contributed by atoms with Gasteiger partial charge < -0.3 is 9.47 Å². The van der Waals surface area contributed by atoms with Crippen molar-refractivity contribution in [3.05, 3.63) is 53.6 Å². The van der Waals surface area contributed by atoms with Crippen LogP contribution in [0.15, 0.2) is 43.0 Å². The molecule has 4 rings (SSSR count). The van der Waals surface area contributed by atoms with E-state index in [9.17, 15) is 4.79 Å². The van der Waals surface area contributed by atoms with Crippen molar-refractivity contribution in [2.24, 2.45) is 5.41 Å². The highest BCUT2D eigenvalue weighted by atomic mass is 35.5. The van der Waals surface area contributed by atoms with E-state index >= 15 is 0 Å². The van der Waals surface area contributed by atoms with Gasteiger partial charge >= 0.3 is 0 Å². The van der Waals surface area contributed by atoms with Crippen molar-refractivity contribution in [3.63, 3.8) is 0 Å². The van der Waals surface area contributed by atoms with Crippen LogP contribution in [0.3, 0.4) is 0 Å². The zero-order valence-corrected chi connectivity index (χ0v) is 13.7. The molecule has 1 amide bonds. The minimum atomic E-state index is -0.191. The Balaban J connectivity index is 1.44. The molecule has 1 aromatic heterocycles. The lowest BCUT2D eigenvalue weighted by Crippen LogP contribution is -2.37. The fraction of sp³-hybridized carbons (Fsp3) is 0.444. The van der Waals surface area contributed by atoms with E-state index in [-0.39, 0.29) is 5.41 Å². The number of halogens is 1. The van der Waals surface area contributed by atoms with Gasteiger partial charge in [0.25, 0.3) is 0 Å². The summed E-state index contributed by atoms with van der Waals surface area (Å²) in [5.74, 6) is 0.720. The van der Waals surface area contributed by atoms with Crippen LogP contribution in [0.2, 0.25) is 5.02 Å². The molecule has 0 spiro atoms. The molecule has 0 bridgehead atoms. The van der Waals surface area contributed by atoms with Gasteiger partial charge in [-0.05, 0) is 37.0 Å². The van der Waals surface area contributed by atoms with Gasteiger partial charge in [0.2, 0.25) is 5.91 Å². The third-order valence-corrected chi connectivity index (χ3v) is 5.38. The molecular weight excluding hydrogens is 310 g/mol. The Labute approximate surface area is 141 Å². The maximum atomic E-state index is 13.0. The Hall–Kier alpha value is -1.81. The second-order valence-electron chi connectivity index (χ2n) is 6.81. The fourth-order valence-corrected chi connectivity index (χ4v) is 3.83. The lowest BCUT2D eigenvalue weighted by atomic mass is 9.98. The molecule has 2 heterocycles. The van der Waals surface area contributed by atoms with E-state index < -0.39 is 0 Å². The van der Waals surface area contributed by atoms with E-state index in [2.05, 4.69) is 16.0 Å². The summed E-state index contributed by atoms with van der Waals surface area (Å²) in [6, 6.07) is 8.03. The Morgan fingerprint density at radius 2 is 2.26 bits per heavy atom. The summed E-state index contributed by atoms with van der Waals surface area (Å²) in [5, 5.41) is 0.769. The smallest absolute Gasteiger partial charge is 0.230 e. The number of carbonyl (C=O) groups excluding carboxylic acids is 1. The molecule has 2 fully saturated rings. The van der Waals surface area contributed by atoms with Crippen LogP contribution in [0.4, 0.5) is 0 Å². The standard InChI is InChI=1S/C18H20ClN3O/c19-16-3-1-2-14(10-16)15-4-8-22(11-15)17(23)18(5-6-18)12-21-9-7-20-13-21/h1-3,7,9-10,13,15H,4-6,8,11-12H2/t15-/m0/s1. The molecule has 1 aromatic carbocycles. The number of likely N-dealkylation sites (tertiary alicyclic amines) is 1. The van der Waals surface area contributed by atoms with Crippen LogP contribution >= 0.6 is 11.6 Å². The monoisotopic (exact) mass is 329 g/mol. The van der Waals surface area contributed by atoms with Crippen LogP contribution in [-0.2, 0) is 11.3 Å². The van der Waals surface area contributed by atoms with Gasteiger partial charge in [-0.1, -0.05) is 23.7 Å². The molecule has 1 saturated heterocycles. The molecule has 23 heavy (non-hydrogen) atoms. The molecular formula is C18H20ClN3O. The maximum absolute atomic E-state index is 13.0. The topological polar surface area (TPSA) is 38.1 Å². The number of rotatable bonds is 4. The predicted molar refractivity (Wildman–Crippen MR) is 89.3 cm³/mol. The predicted octanol–water partition coefficient (Wildman–Crippen LogP) is 3.33. The largest absolute Gasteiger partial charge is 0.342 e. The van der Waals surface area contributed by atoms with E-state index in [4.69, 9.17) is 11.6 Å². The number of hydrogen-bond acceptors (Lipinski definition) is 2. The fourth-order valence-electron chi connectivity index (χ4n) is 3.63. The minimum absolute atomic E-state index is 0.191. The SMILES string of the molecule is O=C(N1CC[C@H](c2cccc(Cl)c2)C1)C1(Cn2ccnc2)CC1. The molecule has 2 aliphatic rings. The maximum Gasteiger partial charge on any atom is 0.230 e. The van der Waals surface area contributed by atoms with Gasteiger partial charge in [0, 0.05) is 43.0 Å². The van der Waals surface area contributed by atoms with Gasteiger partial charge in [0.05, 0.1) is 11.7 Å². The van der Waals surface area contributed by atoms with Crippen LogP contribution in [0.1, 0.15) is 30.7 Å². The van der Waals surface area contributed by atoms with Gasteiger partial charge in [-0.3, -0.25) is 4.79 Å². The minimum Gasteiger partial charge on any atom is -0.342 e. The molecule has 1 saturated carbocycles. The number of aromatic nitrogens is 2. The normalized spacial score (nSPS) is 22.3. The molecule has 4 nitrogen and oxygen atoms in total. The number of imidazole rings is 1. The van der Waals surface area contributed by atoms with Gasteiger partial charge in [-0.25, -0.2) is 4.98 Å². The number of carbonyl (C=O) groups is 1. The van der Waals surface area contributed by atoms with E-state index in [1.165, 1.54) is 5.56 Å². The summed E-state index contributed by atoms with van der Waals surface area (Å²) in [6.45, 7) is 2.41. The Morgan fingerprint density at radius 1 is 1.39 bits per heavy atom. The molecule has 5 heteroatoms. The van der Waals surface area contributed by atoms with E-state index in [1.54, 1.807) is 12.5 Å². The van der Waals surface area contributed by atoms with Crippen LogP contribution in [0.5, 0.6) is 0 Å². The molecule has 0 N–H and O–H groups in total. The van der Waals surface area contributed by atoms with Gasteiger partial charge in [0.15, 0.2) is 0 Å². The van der Waals surface area contributed by atoms with Gasteiger partial charge in [-0.15, -0.1) is 0 Å². The van der Waals surface area contributed by atoms with Crippen molar-refractivity contribution in [1.29, 1.82) is 0 Å². The summed E-state index contributed by atoms with van der Waals surface area (Å²) >= 11 is 6.10. The summed E-state index contributed by atoms with van der Waals surface area (Å²) < 4.78 is 2.02. The summed E-state index contributed by atoms with van der Waals surface area (Å²) in [5.41, 5.74) is 1.05. The zero-order valence-electron chi connectivity index (χ0n) is 13.0. The number of amides is 1. The quantitative estimate of drug-likeness (QED) is 0.863. The lowest BCUT2D eigenvalue weighted by Gasteiger charge is -2.23. The first-order valence-corrected chi connectivity index (χ1v) is 8.55. The first-order valence-electron chi connectivity index (χ1n) is 8.17. The van der Waals surface area contributed by atoms with Crippen LogP contribution in [0.25, 0.3) is 0 Å². The van der Waals surface area contributed by atoms with Crippen LogP contribution < -0.4 is 0 Å². The summed E-state index contributed by atoms with van der Waals surface area (Å²) in [7, 11) is 0. The molecule has 1 atom stereocenters. The molecule has 2 aromatic rings. The van der Waals surface area contributed by atoms with Crippen molar-refractivity contribution < 1.29 is 4.79 Å². The third-order valence-electron chi connectivity index (χ3n) is 5.15. The zero-order chi connectivity index (χ0) is 15.9. The van der Waals surface area contributed by atoms with Crippen molar-refractivity contribution in [2.45, 2.75) is 31.7 Å². The average Bonchev–Trinajstić information content (AvgIpc) is 2.97. The molecule has 0 radical (unpaired) electrons. The van der Waals surface area contributed by atoms with E-state index in [0.717, 1.165) is 43.9 Å². The van der Waals surface area contributed by atoms with E-state index in [0.29, 0.717) is 11.8 Å². The number of benzene rings is 1. The molecule has 1 aliphatic carbocycles. The van der Waals surface area contributed by atoms with Crippen molar-refractivity contribution >= 4 is 17.5 Å². The van der Waals surface area contributed by atoms with Crippen molar-refractivity contribution in [3.8, 4) is 0 Å². The van der Waals surface area contributed by atoms with Gasteiger partial charge in [0.1, 0.15) is 0 Å². The third kappa shape index (κ3) is 2.88. The van der Waals surface area contributed by atoms with Crippen LogP contribution in [-0.4, -0.2) is 33.4 Å². The lowest BCUT2D eigenvalue weighted by molar-refractivity contribution is -0.136. The van der Waals surface area contributed by atoms with Gasteiger partial charge in [-0.2, -0.15) is 0 Å². The van der Waals surface area contributed by atoms with Crippen molar-refractivity contribution in [1.82, 2.24) is 14.5 Å². The Kier molecular flexibility index (Phi) is 3.64. The highest BCUT2D eigenvalue weighted by Gasteiger charge is 2.52. The van der Waals surface area contributed by atoms with Crippen molar-refractivity contribution in [2.75, 3.05) is 13.1 Å². The Bertz CT molecular complexity index is 709. The average molecular weight is 330 g/mol. The number of hydrogen-bond donors (Lipinski definition) is 0. The molecule has 0 unspecified atom stereocenters. The highest BCUT2D eigenvalue weighted by Crippen LogP contribution is 2.49. The first kappa shape index (κ1) is 14.8. The Morgan fingerprint density at radius 3 is 2.96 bits per heavy atom. The molecule has 1 aliphatic heterocycles. The number of nitrogens with zero attached hydrogens (tertiary/aromatic N) is 3. The molecule has 120 valence electrons. The van der Waals surface area contributed by atoms with E-state index in [1.807, 2.05) is 29.0 Å². The second-order valence-corrected chi connectivity index (χ2v) is 7.24. The summed E-state index contributed by atoms with van der Waals surface area (Å²) in [6.07, 6.45) is 8.50. The first-order chi connectivity index (χ1) is 11.2. The summed E-state index contributed by atoms with van der Waals surface area (Å²) in [4.78, 5) is 19.1. The second kappa shape index (κ2) is 5.68. The van der Waals surface area contributed by atoms with Crippen LogP contribution in [0, 0.1) is 5.41 Å². The highest BCUT2D eigenvalue weighted by molar-refractivity contribution is 6.30.